The lowest BCUT2D eigenvalue weighted by Crippen LogP contribution is -2.65. The number of allylic oxidation sites excluding steroid dienone is 3. The Morgan fingerprint density at radius 3 is 0.990 bits per heavy atom. The van der Waals surface area contributed by atoms with Crippen molar-refractivity contribution in [2.75, 3.05) is 19.8 Å². The minimum atomic E-state index is -1.79. The number of nitrogens with one attached hydrogen (secondary N) is 1. The van der Waals surface area contributed by atoms with E-state index in [0.717, 1.165) is 38.5 Å². The van der Waals surface area contributed by atoms with Crippen LogP contribution in [0.15, 0.2) is 24.3 Å². The molecule has 0 radical (unpaired) electrons. The molecular formula is C82H157NO13. The molecule has 14 nitrogen and oxygen atoms in total. The molecule has 2 aliphatic heterocycles. The lowest BCUT2D eigenvalue weighted by atomic mass is 9.97. The van der Waals surface area contributed by atoms with Crippen LogP contribution in [0.25, 0.3) is 0 Å². The van der Waals surface area contributed by atoms with Gasteiger partial charge in [0.25, 0.3) is 0 Å². The van der Waals surface area contributed by atoms with Gasteiger partial charge >= 0.3 is 0 Å². The molecule has 0 saturated carbocycles. The summed E-state index contributed by atoms with van der Waals surface area (Å²) in [6.07, 6.45) is 70.0. The van der Waals surface area contributed by atoms with E-state index < -0.39 is 86.8 Å². The van der Waals surface area contributed by atoms with Gasteiger partial charge in [0.2, 0.25) is 5.91 Å². The Morgan fingerprint density at radius 1 is 0.365 bits per heavy atom. The fourth-order valence-electron chi connectivity index (χ4n) is 14.1. The molecule has 0 aromatic rings. The van der Waals surface area contributed by atoms with Gasteiger partial charge in [0.1, 0.15) is 48.8 Å². The van der Waals surface area contributed by atoms with Crippen LogP contribution in [0.2, 0.25) is 0 Å². The number of hydrogen-bond donors (Lipinski definition) is 9. The van der Waals surface area contributed by atoms with Crippen LogP contribution in [0.5, 0.6) is 0 Å². The van der Waals surface area contributed by atoms with Gasteiger partial charge in [-0.25, -0.2) is 0 Å². The van der Waals surface area contributed by atoms with E-state index in [1.54, 1.807) is 6.08 Å². The zero-order valence-electron chi connectivity index (χ0n) is 62.4. The molecule has 0 aromatic heterocycles. The maximum Gasteiger partial charge on any atom is 0.220 e. The summed E-state index contributed by atoms with van der Waals surface area (Å²) >= 11 is 0. The topological polar surface area (TPSA) is 228 Å². The Hall–Kier alpha value is -1.53. The minimum absolute atomic E-state index is 0.230. The van der Waals surface area contributed by atoms with E-state index in [9.17, 15) is 45.6 Å². The van der Waals surface area contributed by atoms with E-state index in [-0.39, 0.29) is 18.9 Å². The predicted octanol–water partition coefficient (Wildman–Crippen LogP) is 19.0. The van der Waals surface area contributed by atoms with Crippen molar-refractivity contribution in [3.8, 4) is 0 Å². The number of amides is 1. The molecular weight excluding hydrogens is 1210 g/mol. The molecule has 2 fully saturated rings. The number of unbranched alkanes of at least 4 members (excludes halogenated alkanes) is 56. The van der Waals surface area contributed by atoms with Gasteiger partial charge in [-0.15, -0.1) is 0 Å². The van der Waals surface area contributed by atoms with Crippen molar-refractivity contribution in [3.05, 3.63) is 24.3 Å². The van der Waals surface area contributed by atoms with Crippen LogP contribution < -0.4 is 5.32 Å². The van der Waals surface area contributed by atoms with Gasteiger partial charge in [-0.05, 0) is 44.9 Å². The van der Waals surface area contributed by atoms with Crippen LogP contribution in [-0.2, 0) is 23.7 Å². The highest BCUT2D eigenvalue weighted by molar-refractivity contribution is 5.76. The fraction of sp³-hybridized carbons (Fsp3) is 0.939. The largest absolute Gasteiger partial charge is 0.394 e. The molecule has 12 atom stereocenters. The Kier molecular flexibility index (Phi) is 62.9. The first-order chi connectivity index (χ1) is 47.1. The second-order valence-electron chi connectivity index (χ2n) is 29.6. The lowest BCUT2D eigenvalue weighted by molar-refractivity contribution is -0.359. The molecule has 2 heterocycles. The summed E-state index contributed by atoms with van der Waals surface area (Å²) in [5.41, 5.74) is 0. The van der Waals surface area contributed by atoms with Crippen LogP contribution in [-0.4, -0.2) is 140 Å². The Balaban J connectivity index is 1.54. The van der Waals surface area contributed by atoms with E-state index >= 15 is 0 Å². The highest BCUT2D eigenvalue weighted by Crippen LogP contribution is 2.30. The second kappa shape index (κ2) is 66.7. The zero-order valence-corrected chi connectivity index (χ0v) is 62.4. The van der Waals surface area contributed by atoms with Crippen molar-refractivity contribution in [1.82, 2.24) is 5.32 Å². The third kappa shape index (κ3) is 49.1. The predicted molar refractivity (Wildman–Crippen MR) is 397 cm³/mol. The highest BCUT2D eigenvalue weighted by Gasteiger charge is 2.51. The summed E-state index contributed by atoms with van der Waals surface area (Å²) in [5.74, 6) is -0.230. The summed E-state index contributed by atoms with van der Waals surface area (Å²) in [4.78, 5) is 13.4. The maximum absolute atomic E-state index is 13.4. The van der Waals surface area contributed by atoms with E-state index in [0.29, 0.717) is 6.42 Å². The van der Waals surface area contributed by atoms with E-state index in [2.05, 4.69) is 31.3 Å². The molecule has 2 rings (SSSR count). The van der Waals surface area contributed by atoms with E-state index in [1.807, 2.05) is 6.08 Å². The molecule has 96 heavy (non-hydrogen) atoms. The molecule has 0 aromatic carbocycles. The first kappa shape index (κ1) is 90.6. The summed E-state index contributed by atoms with van der Waals surface area (Å²) in [5, 5.41) is 87.6. The number of hydrogen-bond acceptors (Lipinski definition) is 13. The molecule has 2 aliphatic rings. The number of aliphatic hydroxyl groups excluding tert-OH is 8. The summed E-state index contributed by atoms with van der Waals surface area (Å²) in [7, 11) is 0. The quantitative estimate of drug-likeness (QED) is 0.0204. The third-order valence-corrected chi connectivity index (χ3v) is 20.6. The Bertz CT molecular complexity index is 1700. The maximum atomic E-state index is 13.4. The van der Waals surface area contributed by atoms with Gasteiger partial charge < -0.3 is 65.1 Å². The molecule has 12 unspecified atom stereocenters. The average molecular weight is 1370 g/mol. The van der Waals surface area contributed by atoms with Crippen molar-refractivity contribution in [2.24, 2.45) is 0 Å². The van der Waals surface area contributed by atoms with Crippen LogP contribution in [0.3, 0.4) is 0 Å². The third-order valence-electron chi connectivity index (χ3n) is 20.6. The van der Waals surface area contributed by atoms with Gasteiger partial charge in [0, 0.05) is 6.42 Å². The van der Waals surface area contributed by atoms with Gasteiger partial charge in [0.05, 0.1) is 32.0 Å². The number of aliphatic hydroxyl groups is 8. The summed E-state index contributed by atoms with van der Waals surface area (Å²) in [6, 6.07) is -0.913. The second-order valence-corrected chi connectivity index (χ2v) is 29.6. The monoisotopic (exact) mass is 1360 g/mol. The average Bonchev–Trinajstić information content (AvgIpc) is 0.807. The molecule has 2 saturated heterocycles. The molecule has 9 N–H and O–H groups in total. The fourth-order valence-corrected chi connectivity index (χ4v) is 14.1. The Labute approximate surface area is 589 Å². The number of carbonyl (C=O) groups excluding carboxylic acids is 1. The molecule has 0 spiro atoms. The SMILES string of the molecule is CCCCCCCCCC/C=C\CCCCCCCCCCCCCCCCCCCCCCCCCCCCCCCC(=O)NC(COC1OC(CO)C(OC2OC(CO)C(O)C(O)C2O)C(O)C1O)C(O)/C=C/CCCCCCCCCCCCCCCCCCCCC. The van der Waals surface area contributed by atoms with Crippen molar-refractivity contribution in [3.63, 3.8) is 0 Å². The minimum Gasteiger partial charge on any atom is -0.394 e. The van der Waals surface area contributed by atoms with Crippen LogP contribution in [0.4, 0.5) is 0 Å². The normalized spacial score (nSPS) is 22.3. The van der Waals surface area contributed by atoms with Crippen molar-refractivity contribution < 1.29 is 64.6 Å². The van der Waals surface area contributed by atoms with Crippen LogP contribution in [0.1, 0.15) is 399 Å². The molecule has 568 valence electrons. The van der Waals surface area contributed by atoms with Gasteiger partial charge in [-0.1, -0.05) is 372 Å². The smallest absolute Gasteiger partial charge is 0.220 e. The standard InChI is InChI=1S/C82H157NO13/c1-3-5-7-9-11-13-15-17-19-21-23-25-26-27-28-29-30-31-32-33-34-35-36-37-38-39-40-41-42-43-44-46-48-50-52-54-56-58-60-62-64-66-74(87)83-70(71(86)65-63-61-59-57-55-53-51-49-47-45-24-22-20-18-16-14-12-10-8-6-4-2)69-93-81-79(92)77(90)80(73(68-85)95-81)96-82-78(91)76(89)75(88)72(67-84)94-82/h21,23,63,65,70-73,75-82,84-86,88-92H,3-20,22,24-62,64,66-69H2,1-2H3,(H,83,87)/b23-21-,65-63+. The van der Waals surface area contributed by atoms with E-state index in [4.69, 9.17) is 18.9 Å². The molecule has 1 amide bonds. The molecule has 0 bridgehead atoms. The van der Waals surface area contributed by atoms with Crippen molar-refractivity contribution in [2.45, 2.75) is 473 Å². The Morgan fingerprint density at radius 2 is 0.656 bits per heavy atom. The highest BCUT2D eigenvalue weighted by atomic mass is 16.7. The molecule has 14 heteroatoms. The number of carbonyl (C=O) groups is 1. The molecule has 0 aliphatic carbocycles. The van der Waals surface area contributed by atoms with Crippen LogP contribution >= 0.6 is 0 Å². The van der Waals surface area contributed by atoms with Crippen molar-refractivity contribution in [1.29, 1.82) is 0 Å². The first-order valence-corrected chi connectivity index (χ1v) is 41.6. The lowest BCUT2D eigenvalue weighted by Gasteiger charge is -2.46. The van der Waals surface area contributed by atoms with Gasteiger partial charge in [-0.3, -0.25) is 4.79 Å². The summed E-state index contributed by atoms with van der Waals surface area (Å²) < 4.78 is 22.9. The number of rotatable bonds is 71. The first-order valence-electron chi connectivity index (χ1n) is 41.6. The van der Waals surface area contributed by atoms with Crippen molar-refractivity contribution >= 4 is 5.91 Å². The zero-order chi connectivity index (χ0) is 69.4. The van der Waals surface area contributed by atoms with E-state index in [1.165, 1.54) is 334 Å². The van der Waals surface area contributed by atoms with Crippen LogP contribution in [0, 0.1) is 0 Å². The van der Waals surface area contributed by atoms with Gasteiger partial charge in [-0.2, -0.15) is 0 Å². The number of ether oxygens (including phenoxy) is 4. The van der Waals surface area contributed by atoms with Gasteiger partial charge in [0.15, 0.2) is 12.6 Å². The summed E-state index contributed by atoms with van der Waals surface area (Å²) in [6.45, 7) is 2.87.